The van der Waals surface area contributed by atoms with Crippen molar-refractivity contribution in [1.29, 1.82) is 0 Å². The maximum absolute atomic E-state index is 13.0. The second-order valence-electron chi connectivity index (χ2n) is 9.16. The van der Waals surface area contributed by atoms with Gasteiger partial charge in [-0.25, -0.2) is 4.98 Å². The molecule has 0 radical (unpaired) electrons. The Kier molecular flexibility index (Phi) is 5.87. The highest BCUT2D eigenvalue weighted by Crippen LogP contribution is 2.38. The van der Waals surface area contributed by atoms with E-state index in [0.29, 0.717) is 30.4 Å². The van der Waals surface area contributed by atoms with E-state index in [1.807, 2.05) is 37.3 Å². The minimum absolute atomic E-state index is 0.0789. The van der Waals surface area contributed by atoms with Gasteiger partial charge in [0, 0.05) is 17.8 Å². The summed E-state index contributed by atoms with van der Waals surface area (Å²) in [6.07, 6.45) is 1.20. The Hall–Kier alpha value is -3.41. The maximum Gasteiger partial charge on any atom is 0.229 e. The molecule has 0 spiro atoms. The number of anilines is 4. The van der Waals surface area contributed by atoms with E-state index in [1.54, 1.807) is 0 Å². The molecule has 1 aliphatic carbocycles. The smallest absolute Gasteiger partial charge is 0.229 e. The zero-order valence-electron chi connectivity index (χ0n) is 19.4. The molecule has 0 aliphatic heterocycles. The Morgan fingerprint density at radius 2 is 1.66 bits per heavy atom. The highest BCUT2D eigenvalue weighted by atomic mass is 16.5. The standard InChI is InChI=1S/C26H30N4O2/c1-6-32-20-11-9-18(10-12-20)28-25-29-21-14-26(4,5)15-22(31)23(21)24(30-25)27-19-8-7-16(2)17(3)13-19/h7-13H,6,14-15H2,1-5H3,(H2,27,28,29,30). The third-order valence-electron chi connectivity index (χ3n) is 5.74. The molecule has 1 aliphatic rings. The molecule has 3 aromatic rings. The van der Waals surface area contributed by atoms with Gasteiger partial charge in [0.2, 0.25) is 5.95 Å². The number of rotatable bonds is 6. The number of hydrogen-bond donors (Lipinski definition) is 2. The SMILES string of the molecule is CCOc1ccc(Nc2nc3c(c(Nc4ccc(C)c(C)c4)n2)C(=O)CC(C)(C)C3)cc1. The van der Waals surface area contributed by atoms with E-state index < -0.39 is 0 Å². The number of benzene rings is 2. The Balaban J connectivity index is 1.72. The number of nitrogens with zero attached hydrogens (tertiary/aromatic N) is 2. The van der Waals surface area contributed by atoms with Crippen LogP contribution in [0.3, 0.4) is 0 Å². The molecule has 6 nitrogen and oxygen atoms in total. The summed E-state index contributed by atoms with van der Waals surface area (Å²) in [5.74, 6) is 1.90. The van der Waals surface area contributed by atoms with E-state index in [1.165, 1.54) is 11.1 Å². The molecule has 1 aromatic heterocycles. The topological polar surface area (TPSA) is 76.1 Å². The van der Waals surface area contributed by atoms with E-state index in [0.717, 1.165) is 29.2 Å². The summed E-state index contributed by atoms with van der Waals surface area (Å²) in [6, 6.07) is 13.8. The minimum atomic E-state index is -0.132. The first-order valence-electron chi connectivity index (χ1n) is 11.0. The average molecular weight is 431 g/mol. The molecule has 0 bridgehead atoms. The molecule has 0 amide bonds. The quantitative estimate of drug-likeness (QED) is 0.490. The molecule has 2 N–H and O–H groups in total. The number of aromatic nitrogens is 2. The van der Waals surface area contributed by atoms with Crippen molar-refractivity contribution in [3.05, 3.63) is 64.8 Å². The summed E-state index contributed by atoms with van der Waals surface area (Å²) < 4.78 is 5.52. The Labute approximate surface area is 189 Å². The lowest BCUT2D eigenvalue weighted by Crippen LogP contribution is -2.29. The van der Waals surface area contributed by atoms with Crippen LogP contribution in [0.15, 0.2) is 42.5 Å². The number of ketones is 1. The van der Waals surface area contributed by atoms with Crippen molar-refractivity contribution in [2.24, 2.45) is 5.41 Å². The van der Waals surface area contributed by atoms with Gasteiger partial charge in [-0.1, -0.05) is 19.9 Å². The zero-order chi connectivity index (χ0) is 22.9. The first kappa shape index (κ1) is 21.8. The third kappa shape index (κ3) is 4.74. The highest BCUT2D eigenvalue weighted by Gasteiger charge is 2.35. The van der Waals surface area contributed by atoms with Crippen molar-refractivity contribution in [3.63, 3.8) is 0 Å². The number of aryl methyl sites for hydroxylation is 2. The van der Waals surface area contributed by atoms with Crippen molar-refractivity contribution in [3.8, 4) is 5.75 Å². The molecule has 0 atom stereocenters. The summed E-state index contributed by atoms with van der Waals surface area (Å²) in [5, 5.41) is 6.66. The normalized spacial score (nSPS) is 14.6. The van der Waals surface area contributed by atoms with Crippen LogP contribution in [0.2, 0.25) is 0 Å². The largest absolute Gasteiger partial charge is 0.494 e. The molecule has 2 aromatic carbocycles. The second-order valence-corrected chi connectivity index (χ2v) is 9.16. The van der Waals surface area contributed by atoms with Crippen molar-refractivity contribution in [2.45, 2.75) is 47.5 Å². The van der Waals surface area contributed by atoms with Gasteiger partial charge < -0.3 is 15.4 Å². The van der Waals surface area contributed by atoms with Crippen molar-refractivity contribution in [1.82, 2.24) is 9.97 Å². The van der Waals surface area contributed by atoms with Crippen LogP contribution in [0.4, 0.5) is 23.1 Å². The zero-order valence-corrected chi connectivity index (χ0v) is 19.4. The van der Waals surface area contributed by atoms with E-state index in [-0.39, 0.29) is 11.2 Å². The van der Waals surface area contributed by atoms with E-state index >= 15 is 0 Å². The molecular weight excluding hydrogens is 400 g/mol. The van der Waals surface area contributed by atoms with Crippen LogP contribution in [-0.4, -0.2) is 22.4 Å². The highest BCUT2D eigenvalue weighted by molar-refractivity contribution is 6.03. The summed E-state index contributed by atoms with van der Waals surface area (Å²) in [5.41, 5.74) is 5.40. The van der Waals surface area contributed by atoms with E-state index in [2.05, 4.69) is 50.5 Å². The minimum Gasteiger partial charge on any atom is -0.494 e. The lowest BCUT2D eigenvalue weighted by atomic mass is 9.75. The second kappa shape index (κ2) is 8.61. The fourth-order valence-electron chi connectivity index (χ4n) is 4.00. The average Bonchev–Trinajstić information content (AvgIpc) is 2.71. The maximum atomic E-state index is 13.0. The predicted molar refractivity (Wildman–Crippen MR) is 129 cm³/mol. The lowest BCUT2D eigenvalue weighted by molar-refractivity contribution is 0.0911. The molecule has 4 rings (SSSR count). The Morgan fingerprint density at radius 3 is 2.34 bits per heavy atom. The van der Waals surface area contributed by atoms with Crippen LogP contribution >= 0.6 is 0 Å². The molecule has 1 heterocycles. The van der Waals surface area contributed by atoms with Gasteiger partial charge >= 0.3 is 0 Å². The van der Waals surface area contributed by atoms with Gasteiger partial charge in [0.15, 0.2) is 5.78 Å². The van der Waals surface area contributed by atoms with Crippen LogP contribution in [-0.2, 0) is 6.42 Å². The molecular formula is C26H30N4O2. The van der Waals surface area contributed by atoms with Crippen LogP contribution in [0, 0.1) is 19.3 Å². The molecule has 0 unspecified atom stereocenters. The molecule has 32 heavy (non-hydrogen) atoms. The number of carbonyl (C=O) groups excluding carboxylic acids is 1. The van der Waals surface area contributed by atoms with Crippen LogP contribution in [0.1, 0.15) is 54.4 Å². The van der Waals surface area contributed by atoms with Crippen molar-refractivity contribution >= 4 is 28.9 Å². The number of nitrogens with one attached hydrogen (secondary N) is 2. The number of ether oxygens (including phenoxy) is 1. The number of carbonyl (C=O) groups is 1. The fraction of sp³-hybridized carbons (Fsp3) is 0.346. The van der Waals surface area contributed by atoms with Gasteiger partial charge in [0.1, 0.15) is 11.6 Å². The molecule has 6 heteroatoms. The number of Topliss-reactive ketones (excluding diaryl/α,β-unsaturated/α-hetero) is 1. The van der Waals surface area contributed by atoms with Gasteiger partial charge in [-0.15, -0.1) is 0 Å². The summed E-state index contributed by atoms with van der Waals surface area (Å²) in [6.45, 7) is 10.9. The van der Waals surface area contributed by atoms with Crippen molar-refractivity contribution in [2.75, 3.05) is 17.2 Å². The third-order valence-corrected chi connectivity index (χ3v) is 5.74. The van der Waals surface area contributed by atoms with Crippen LogP contribution in [0.25, 0.3) is 0 Å². The number of hydrogen-bond acceptors (Lipinski definition) is 6. The Morgan fingerprint density at radius 1 is 0.938 bits per heavy atom. The Bertz CT molecular complexity index is 1150. The van der Waals surface area contributed by atoms with Crippen LogP contribution in [0.5, 0.6) is 5.75 Å². The first-order valence-corrected chi connectivity index (χ1v) is 11.0. The molecule has 0 fully saturated rings. The van der Waals surface area contributed by atoms with Gasteiger partial charge in [-0.3, -0.25) is 4.79 Å². The number of fused-ring (bicyclic) bond motifs is 1. The monoisotopic (exact) mass is 430 g/mol. The molecule has 166 valence electrons. The lowest BCUT2D eigenvalue weighted by Gasteiger charge is -2.30. The predicted octanol–water partition coefficient (Wildman–Crippen LogP) is 6.13. The molecule has 0 saturated heterocycles. The molecule has 0 saturated carbocycles. The fourth-order valence-corrected chi connectivity index (χ4v) is 4.00. The van der Waals surface area contributed by atoms with Crippen LogP contribution < -0.4 is 15.4 Å². The van der Waals surface area contributed by atoms with Crippen molar-refractivity contribution < 1.29 is 9.53 Å². The van der Waals surface area contributed by atoms with Gasteiger partial charge in [0.25, 0.3) is 0 Å². The van der Waals surface area contributed by atoms with Gasteiger partial charge in [-0.05, 0) is 80.1 Å². The van der Waals surface area contributed by atoms with E-state index in [9.17, 15) is 4.79 Å². The van der Waals surface area contributed by atoms with Gasteiger partial charge in [-0.2, -0.15) is 4.98 Å². The van der Waals surface area contributed by atoms with E-state index in [4.69, 9.17) is 14.7 Å². The first-order chi connectivity index (χ1) is 15.2. The summed E-state index contributed by atoms with van der Waals surface area (Å²) in [7, 11) is 0. The van der Waals surface area contributed by atoms with Gasteiger partial charge in [0.05, 0.1) is 17.9 Å². The summed E-state index contributed by atoms with van der Waals surface area (Å²) in [4.78, 5) is 22.5. The summed E-state index contributed by atoms with van der Waals surface area (Å²) >= 11 is 0.